The van der Waals surface area contributed by atoms with Crippen molar-refractivity contribution >= 4 is 0 Å². The zero-order chi connectivity index (χ0) is 21.0. The Labute approximate surface area is 175 Å². The lowest BCUT2D eigenvalue weighted by Gasteiger charge is -2.20. The van der Waals surface area contributed by atoms with Gasteiger partial charge >= 0.3 is 0 Å². The first-order chi connectivity index (χ1) is 13.8. The van der Waals surface area contributed by atoms with E-state index >= 15 is 0 Å². The molecule has 0 radical (unpaired) electrons. The molecule has 0 fully saturated rings. The van der Waals surface area contributed by atoms with E-state index in [4.69, 9.17) is 4.74 Å². The van der Waals surface area contributed by atoms with Crippen LogP contribution < -0.4 is 4.74 Å². The number of benzene rings is 2. The smallest absolute Gasteiger partial charge is 0.119 e. The van der Waals surface area contributed by atoms with Crippen LogP contribution in [-0.4, -0.2) is 16.4 Å². The summed E-state index contributed by atoms with van der Waals surface area (Å²) >= 11 is 0. The molecule has 0 amide bonds. The van der Waals surface area contributed by atoms with Crippen LogP contribution in [0.4, 0.5) is 0 Å². The summed E-state index contributed by atoms with van der Waals surface area (Å²) in [4.78, 5) is 0. The lowest BCUT2D eigenvalue weighted by molar-refractivity contribution is 0.198. The van der Waals surface area contributed by atoms with Gasteiger partial charge in [0.25, 0.3) is 0 Å². The van der Waals surface area contributed by atoms with Crippen LogP contribution in [0.15, 0.2) is 54.7 Å². The van der Waals surface area contributed by atoms with Crippen molar-refractivity contribution < 1.29 is 4.74 Å². The predicted molar refractivity (Wildman–Crippen MR) is 122 cm³/mol. The van der Waals surface area contributed by atoms with Crippen molar-refractivity contribution in [3.8, 4) is 22.6 Å². The summed E-state index contributed by atoms with van der Waals surface area (Å²) in [6.45, 7) is 13.8. The molecule has 2 aromatic carbocycles. The van der Waals surface area contributed by atoms with E-state index in [1.165, 1.54) is 22.4 Å². The number of nitrogens with zero attached hydrogens (tertiary/aromatic N) is 2. The average Bonchev–Trinajstić information content (AvgIpc) is 3.13. The molecule has 0 saturated heterocycles. The van der Waals surface area contributed by atoms with Gasteiger partial charge in [-0.05, 0) is 72.1 Å². The van der Waals surface area contributed by atoms with E-state index in [1.807, 2.05) is 11.6 Å². The lowest BCUT2D eigenvalue weighted by Crippen LogP contribution is -2.16. The number of ether oxygens (including phenoxy) is 1. The minimum Gasteiger partial charge on any atom is -0.493 e. The third kappa shape index (κ3) is 5.29. The molecule has 0 spiro atoms. The second kappa shape index (κ2) is 8.86. The van der Waals surface area contributed by atoms with E-state index in [0.29, 0.717) is 12.5 Å². The Bertz CT molecular complexity index is 928. The zero-order valence-corrected chi connectivity index (χ0v) is 18.7. The van der Waals surface area contributed by atoms with Gasteiger partial charge in [-0.3, -0.25) is 0 Å². The van der Waals surface area contributed by atoms with E-state index in [9.17, 15) is 0 Å². The Morgan fingerprint density at radius 1 is 0.931 bits per heavy atom. The van der Waals surface area contributed by atoms with Gasteiger partial charge in [0.05, 0.1) is 18.0 Å². The molecular weight excluding hydrogens is 356 g/mol. The van der Waals surface area contributed by atoms with Gasteiger partial charge in [0.1, 0.15) is 5.75 Å². The quantitative estimate of drug-likeness (QED) is 0.427. The van der Waals surface area contributed by atoms with Gasteiger partial charge in [0.15, 0.2) is 0 Å². The fourth-order valence-electron chi connectivity index (χ4n) is 3.59. The summed E-state index contributed by atoms with van der Waals surface area (Å²) in [7, 11) is 0. The van der Waals surface area contributed by atoms with Crippen LogP contribution in [0.25, 0.3) is 16.8 Å². The highest BCUT2D eigenvalue weighted by Gasteiger charge is 2.16. The topological polar surface area (TPSA) is 27.1 Å². The van der Waals surface area contributed by atoms with E-state index in [-0.39, 0.29) is 5.41 Å². The monoisotopic (exact) mass is 390 g/mol. The molecule has 0 aliphatic rings. The minimum absolute atomic E-state index is 0.153. The van der Waals surface area contributed by atoms with Crippen LogP contribution in [0.1, 0.15) is 64.6 Å². The van der Waals surface area contributed by atoms with Gasteiger partial charge in [0, 0.05) is 6.20 Å². The summed E-state index contributed by atoms with van der Waals surface area (Å²) in [5, 5.41) is 4.69. The van der Waals surface area contributed by atoms with Crippen LogP contribution in [0.5, 0.6) is 5.75 Å². The molecule has 0 unspecified atom stereocenters. The molecule has 0 N–H and O–H groups in total. The molecule has 3 nitrogen and oxygen atoms in total. The molecule has 0 atom stereocenters. The first kappa shape index (κ1) is 21.2. The van der Waals surface area contributed by atoms with Gasteiger partial charge < -0.3 is 4.74 Å². The Morgan fingerprint density at radius 3 is 2.14 bits per heavy atom. The van der Waals surface area contributed by atoms with E-state index < -0.39 is 0 Å². The molecule has 0 aliphatic heterocycles. The molecule has 0 saturated carbocycles. The van der Waals surface area contributed by atoms with Crippen molar-refractivity contribution in [1.29, 1.82) is 0 Å². The van der Waals surface area contributed by atoms with Crippen LogP contribution in [0, 0.1) is 12.3 Å². The van der Waals surface area contributed by atoms with Crippen molar-refractivity contribution in [2.75, 3.05) is 6.61 Å². The Kier molecular flexibility index (Phi) is 6.46. The van der Waals surface area contributed by atoms with Crippen LogP contribution in [0.2, 0.25) is 0 Å². The molecule has 3 aromatic rings. The number of hydrogen-bond acceptors (Lipinski definition) is 2. The maximum atomic E-state index is 5.92. The van der Waals surface area contributed by atoms with E-state index in [2.05, 4.69) is 94.4 Å². The standard InChI is InChI=1S/C26H34N2O/c1-7-20(8-2)24-14-11-22(17-25(24)28-16-15-19(3)27-28)21-9-12-23(13-10-21)29-18-26(4,5)6/h9-17,20H,7-8,18H2,1-6H3. The Balaban J connectivity index is 1.94. The summed E-state index contributed by atoms with van der Waals surface area (Å²) < 4.78 is 7.94. The molecule has 1 heterocycles. The highest BCUT2D eigenvalue weighted by atomic mass is 16.5. The second-order valence-electron chi connectivity index (χ2n) is 9.06. The van der Waals surface area contributed by atoms with Crippen molar-refractivity contribution in [3.05, 3.63) is 66.0 Å². The first-order valence-electron chi connectivity index (χ1n) is 10.7. The SMILES string of the molecule is CCC(CC)c1ccc(-c2ccc(OCC(C)(C)C)cc2)cc1-n1ccc(C)n1. The Hall–Kier alpha value is -2.55. The normalized spacial score (nSPS) is 11.8. The van der Waals surface area contributed by atoms with Crippen LogP contribution in [0.3, 0.4) is 0 Å². The average molecular weight is 391 g/mol. The van der Waals surface area contributed by atoms with Crippen molar-refractivity contribution in [2.45, 2.75) is 60.3 Å². The van der Waals surface area contributed by atoms with Crippen LogP contribution in [-0.2, 0) is 0 Å². The number of aryl methyl sites for hydroxylation is 1. The van der Waals surface area contributed by atoms with Gasteiger partial charge in [-0.1, -0.05) is 58.9 Å². The number of aromatic nitrogens is 2. The summed E-state index contributed by atoms with van der Waals surface area (Å²) in [6, 6.07) is 17.3. The summed E-state index contributed by atoms with van der Waals surface area (Å²) in [5.41, 5.74) is 6.12. The lowest BCUT2D eigenvalue weighted by atomic mass is 9.90. The van der Waals surface area contributed by atoms with Crippen molar-refractivity contribution in [3.63, 3.8) is 0 Å². The number of rotatable bonds is 7. The minimum atomic E-state index is 0.153. The molecule has 0 aliphatic carbocycles. The maximum absolute atomic E-state index is 5.92. The Morgan fingerprint density at radius 2 is 1.59 bits per heavy atom. The van der Waals surface area contributed by atoms with Crippen molar-refractivity contribution in [1.82, 2.24) is 9.78 Å². The summed E-state index contributed by atoms with van der Waals surface area (Å²) in [5.74, 6) is 1.46. The molecule has 3 heteroatoms. The van der Waals surface area contributed by atoms with Gasteiger partial charge in [-0.25, -0.2) is 4.68 Å². The van der Waals surface area contributed by atoms with E-state index in [0.717, 1.165) is 24.3 Å². The highest BCUT2D eigenvalue weighted by molar-refractivity contribution is 5.68. The fourth-order valence-corrected chi connectivity index (χ4v) is 3.59. The predicted octanol–water partition coefficient (Wildman–Crippen LogP) is 7.18. The fraction of sp³-hybridized carbons (Fsp3) is 0.423. The maximum Gasteiger partial charge on any atom is 0.119 e. The van der Waals surface area contributed by atoms with E-state index in [1.54, 1.807) is 0 Å². The highest BCUT2D eigenvalue weighted by Crippen LogP contribution is 2.33. The number of hydrogen-bond donors (Lipinski definition) is 0. The molecule has 154 valence electrons. The van der Waals surface area contributed by atoms with Crippen LogP contribution >= 0.6 is 0 Å². The molecule has 1 aromatic heterocycles. The van der Waals surface area contributed by atoms with Gasteiger partial charge in [-0.2, -0.15) is 5.10 Å². The third-order valence-corrected chi connectivity index (χ3v) is 5.28. The molecule has 0 bridgehead atoms. The van der Waals surface area contributed by atoms with Gasteiger partial charge in [0.2, 0.25) is 0 Å². The summed E-state index contributed by atoms with van der Waals surface area (Å²) in [6.07, 6.45) is 4.32. The third-order valence-electron chi connectivity index (χ3n) is 5.28. The zero-order valence-electron chi connectivity index (χ0n) is 18.7. The molecule has 29 heavy (non-hydrogen) atoms. The van der Waals surface area contributed by atoms with Crippen molar-refractivity contribution in [2.24, 2.45) is 5.41 Å². The first-order valence-corrected chi connectivity index (χ1v) is 10.7. The van der Waals surface area contributed by atoms with Gasteiger partial charge in [-0.15, -0.1) is 0 Å². The molecular formula is C26H34N2O. The molecule has 3 rings (SSSR count). The largest absolute Gasteiger partial charge is 0.493 e. The second-order valence-corrected chi connectivity index (χ2v) is 9.06.